The molecule has 1 aromatic heterocycles. The number of nitrogens with one attached hydrogen (secondary N) is 2. The normalized spacial score (nSPS) is 12.2. The number of ether oxygens (including phenoxy) is 3. The number of aliphatic hydroxyl groups is 1. The molecule has 0 bridgehead atoms. The number of hydrogen-bond acceptors (Lipinski definition) is 5. The summed E-state index contributed by atoms with van der Waals surface area (Å²) in [6.45, 7) is 4.27. The van der Waals surface area contributed by atoms with Crippen molar-refractivity contribution < 1.29 is 19.3 Å². The van der Waals surface area contributed by atoms with E-state index in [2.05, 4.69) is 22.4 Å². The van der Waals surface area contributed by atoms with E-state index in [1.54, 1.807) is 0 Å². The standard InChI is InChI=1S/C25H28N2O4/c1-2-29-24-9-5-6-10-25(24)30-14-13-26-16-18(28)17-31-19-11-12-23-21(15-19)20-7-3-4-8-22(20)27-23/h3-12,15,18,26-28H,2,13-14,16-17H2,1H3. The SMILES string of the molecule is CCOc1ccccc1OCCNCC(O)COc1ccc2[nH]c3ccccc3c2c1. The van der Waals surface area contributed by atoms with Crippen molar-refractivity contribution in [3.05, 3.63) is 66.7 Å². The van der Waals surface area contributed by atoms with Crippen molar-refractivity contribution in [1.29, 1.82) is 0 Å². The average molecular weight is 421 g/mol. The fourth-order valence-corrected chi connectivity index (χ4v) is 3.51. The number of aromatic amines is 1. The zero-order valence-corrected chi connectivity index (χ0v) is 17.6. The number of H-pyrrole nitrogens is 1. The smallest absolute Gasteiger partial charge is 0.161 e. The average Bonchev–Trinajstić information content (AvgIpc) is 3.17. The Labute approximate surface area is 181 Å². The molecule has 4 rings (SSSR count). The van der Waals surface area contributed by atoms with Crippen LogP contribution in [0.1, 0.15) is 6.92 Å². The highest BCUT2D eigenvalue weighted by molar-refractivity contribution is 6.07. The first kappa shape index (κ1) is 21.0. The lowest BCUT2D eigenvalue weighted by molar-refractivity contribution is 0.105. The van der Waals surface area contributed by atoms with Crippen LogP contribution < -0.4 is 19.5 Å². The van der Waals surface area contributed by atoms with Crippen LogP contribution in [-0.2, 0) is 0 Å². The molecule has 162 valence electrons. The lowest BCUT2D eigenvalue weighted by atomic mass is 10.1. The van der Waals surface area contributed by atoms with Crippen LogP contribution in [0.15, 0.2) is 66.7 Å². The molecule has 1 heterocycles. The quantitative estimate of drug-likeness (QED) is 0.318. The summed E-state index contributed by atoms with van der Waals surface area (Å²) in [7, 11) is 0. The molecule has 0 aliphatic rings. The summed E-state index contributed by atoms with van der Waals surface area (Å²) in [6, 6.07) is 21.7. The predicted octanol–water partition coefficient (Wildman–Crippen LogP) is 4.13. The van der Waals surface area contributed by atoms with Gasteiger partial charge in [0.25, 0.3) is 0 Å². The Morgan fingerprint density at radius 3 is 2.45 bits per heavy atom. The fourth-order valence-electron chi connectivity index (χ4n) is 3.51. The van der Waals surface area contributed by atoms with Gasteiger partial charge in [0.05, 0.1) is 6.61 Å². The summed E-state index contributed by atoms with van der Waals surface area (Å²) in [4.78, 5) is 3.40. The zero-order chi connectivity index (χ0) is 21.5. The van der Waals surface area contributed by atoms with E-state index in [4.69, 9.17) is 14.2 Å². The molecule has 0 amide bonds. The molecular weight excluding hydrogens is 392 g/mol. The van der Waals surface area contributed by atoms with Crippen molar-refractivity contribution in [2.45, 2.75) is 13.0 Å². The Bertz CT molecular complexity index is 1120. The molecule has 0 spiro atoms. The summed E-state index contributed by atoms with van der Waals surface area (Å²) in [5.74, 6) is 2.21. The van der Waals surface area contributed by atoms with E-state index < -0.39 is 6.10 Å². The Morgan fingerprint density at radius 2 is 1.61 bits per heavy atom. The molecule has 0 radical (unpaired) electrons. The highest BCUT2D eigenvalue weighted by Gasteiger charge is 2.08. The molecule has 0 saturated heterocycles. The van der Waals surface area contributed by atoms with Gasteiger partial charge in [-0.3, -0.25) is 0 Å². The van der Waals surface area contributed by atoms with Gasteiger partial charge in [-0.1, -0.05) is 30.3 Å². The van der Waals surface area contributed by atoms with Crippen molar-refractivity contribution >= 4 is 21.8 Å². The fraction of sp³-hybridized carbons (Fsp3) is 0.280. The van der Waals surface area contributed by atoms with E-state index in [1.165, 1.54) is 0 Å². The van der Waals surface area contributed by atoms with Gasteiger partial charge in [-0.2, -0.15) is 0 Å². The topological polar surface area (TPSA) is 75.7 Å². The van der Waals surface area contributed by atoms with Crippen LogP contribution in [0.3, 0.4) is 0 Å². The lowest BCUT2D eigenvalue weighted by Gasteiger charge is -2.14. The van der Waals surface area contributed by atoms with Crippen LogP contribution in [0, 0.1) is 0 Å². The molecule has 1 unspecified atom stereocenters. The monoisotopic (exact) mass is 420 g/mol. The van der Waals surface area contributed by atoms with Gasteiger partial charge in [0.15, 0.2) is 11.5 Å². The third-order valence-corrected chi connectivity index (χ3v) is 4.99. The Balaban J connectivity index is 1.21. The molecule has 0 fully saturated rings. The first-order chi connectivity index (χ1) is 15.2. The number of rotatable bonds is 11. The summed E-state index contributed by atoms with van der Waals surface area (Å²) in [5, 5.41) is 15.7. The van der Waals surface area contributed by atoms with Crippen molar-refractivity contribution in [3.8, 4) is 17.2 Å². The molecule has 3 N–H and O–H groups in total. The first-order valence-electron chi connectivity index (χ1n) is 10.6. The van der Waals surface area contributed by atoms with Crippen molar-refractivity contribution in [1.82, 2.24) is 10.3 Å². The Hall–Kier alpha value is -3.22. The highest BCUT2D eigenvalue weighted by Crippen LogP contribution is 2.28. The number of aliphatic hydroxyl groups excluding tert-OH is 1. The second kappa shape index (κ2) is 10.2. The van der Waals surface area contributed by atoms with E-state index in [1.807, 2.05) is 61.5 Å². The maximum Gasteiger partial charge on any atom is 0.161 e. The van der Waals surface area contributed by atoms with Gasteiger partial charge in [0.1, 0.15) is 25.1 Å². The maximum atomic E-state index is 10.2. The summed E-state index contributed by atoms with van der Waals surface area (Å²) < 4.78 is 17.1. The number of fused-ring (bicyclic) bond motifs is 3. The van der Waals surface area contributed by atoms with Crippen LogP contribution in [0.25, 0.3) is 21.8 Å². The van der Waals surface area contributed by atoms with Crippen LogP contribution in [0.5, 0.6) is 17.2 Å². The van der Waals surface area contributed by atoms with E-state index in [-0.39, 0.29) is 6.61 Å². The Kier molecular flexibility index (Phi) is 6.92. The largest absolute Gasteiger partial charge is 0.491 e. The predicted molar refractivity (Wildman–Crippen MR) is 123 cm³/mol. The molecule has 6 nitrogen and oxygen atoms in total. The van der Waals surface area contributed by atoms with Gasteiger partial charge in [0.2, 0.25) is 0 Å². The zero-order valence-electron chi connectivity index (χ0n) is 17.6. The molecule has 4 aromatic rings. The second-order valence-corrected chi connectivity index (χ2v) is 7.28. The van der Waals surface area contributed by atoms with Gasteiger partial charge >= 0.3 is 0 Å². The Morgan fingerprint density at radius 1 is 0.871 bits per heavy atom. The van der Waals surface area contributed by atoms with Crippen LogP contribution in [0.4, 0.5) is 0 Å². The van der Waals surface area contributed by atoms with Crippen LogP contribution in [0.2, 0.25) is 0 Å². The van der Waals surface area contributed by atoms with E-state index in [9.17, 15) is 5.11 Å². The van der Waals surface area contributed by atoms with Gasteiger partial charge in [-0.05, 0) is 43.3 Å². The highest BCUT2D eigenvalue weighted by atomic mass is 16.5. The van der Waals surface area contributed by atoms with Gasteiger partial charge in [-0.25, -0.2) is 0 Å². The molecular formula is C25H28N2O4. The summed E-state index contributed by atoms with van der Waals surface area (Å²) in [5.41, 5.74) is 2.17. The molecule has 31 heavy (non-hydrogen) atoms. The van der Waals surface area contributed by atoms with Crippen molar-refractivity contribution in [3.63, 3.8) is 0 Å². The van der Waals surface area contributed by atoms with E-state index in [0.717, 1.165) is 39.1 Å². The van der Waals surface area contributed by atoms with Gasteiger partial charge < -0.3 is 29.6 Å². The molecule has 6 heteroatoms. The van der Waals surface area contributed by atoms with E-state index >= 15 is 0 Å². The maximum absolute atomic E-state index is 10.2. The second-order valence-electron chi connectivity index (χ2n) is 7.28. The molecule has 0 aliphatic heterocycles. The number of hydrogen-bond donors (Lipinski definition) is 3. The van der Waals surface area contributed by atoms with Crippen molar-refractivity contribution in [2.24, 2.45) is 0 Å². The van der Waals surface area contributed by atoms with Crippen LogP contribution in [-0.4, -0.2) is 49.1 Å². The summed E-state index contributed by atoms with van der Waals surface area (Å²) in [6.07, 6.45) is -0.616. The van der Waals surface area contributed by atoms with Gasteiger partial charge in [0, 0.05) is 34.9 Å². The molecule has 0 aliphatic carbocycles. The number of benzene rings is 3. The minimum Gasteiger partial charge on any atom is -0.491 e. The van der Waals surface area contributed by atoms with E-state index in [0.29, 0.717) is 26.3 Å². The van der Waals surface area contributed by atoms with Crippen LogP contribution >= 0.6 is 0 Å². The number of para-hydroxylation sites is 3. The molecule has 3 aromatic carbocycles. The number of aromatic nitrogens is 1. The first-order valence-corrected chi connectivity index (χ1v) is 10.6. The summed E-state index contributed by atoms with van der Waals surface area (Å²) >= 11 is 0. The minimum atomic E-state index is -0.616. The molecule has 1 atom stereocenters. The lowest BCUT2D eigenvalue weighted by Crippen LogP contribution is -2.33. The molecule has 0 saturated carbocycles. The minimum absolute atomic E-state index is 0.217. The van der Waals surface area contributed by atoms with Crippen molar-refractivity contribution in [2.75, 3.05) is 32.9 Å². The third kappa shape index (κ3) is 5.29. The third-order valence-electron chi connectivity index (χ3n) is 4.99. The van der Waals surface area contributed by atoms with Gasteiger partial charge in [-0.15, -0.1) is 0 Å².